The molecule has 21 heavy (non-hydrogen) atoms. The van der Waals surface area contributed by atoms with Crippen molar-refractivity contribution in [3.05, 3.63) is 75.9 Å². The van der Waals surface area contributed by atoms with E-state index < -0.39 is 0 Å². The summed E-state index contributed by atoms with van der Waals surface area (Å²) in [5, 5.41) is 0. The number of aryl methyl sites for hydroxylation is 3. The Bertz CT molecular complexity index is 782. The molecule has 0 fully saturated rings. The van der Waals surface area contributed by atoms with Gasteiger partial charge in [0.05, 0.1) is 5.69 Å². The molecule has 0 unspecified atom stereocenters. The molecule has 0 spiro atoms. The fourth-order valence-corrected chi connectivity index (χ4v) is 2.86. The normalized spacial score (nSPS) is 10.9. The van der Waals surface area contributed by atoms with Crippen molar-refractivity contribution in [3.63, 3.8) is 0 Å². The Balaban J connectivity index is 2.16. The first-order chi connectivity index (χ1) is 10.1. The van der Waals surface area contributed by atoms with Gasteiger partial charge < -0.3 is 4.57 Å². The van der Waals surface area contributed by atoms with Crippen LogP contribution in [0.2, 0.25) is 0 Å². The first-order valence-corrected chi connectivity index (χ1v) is 7.87. The molecule has 3 rings (SSSR count). The number of benzene rings is 2. The van der Waals surface area contributed by atoms with Crippen molar-refractivity contribution < 1.29 is 0 Å². The van der Waals surface area contributed by atoms with Crippen LogP contribution in [0, 0.1) is 20.8 Å². The summed E-state index contributed by atoms with van der Waals surface area (Å²) < 4.78 is 3.42. The van der Waals surface area contributed by atoms with Crippen molar-refractivity contribution >= 4 is 15.9 Å². The number of hydrogen-bond acceptors (Lipinski definition) is 0. The van der Waals surface area contributed by atoms with Crippen LogP contribution < -0.4 is 0 Å². The van der Waals surface area contributed by atoms with Gasteiger partial charge in [0, 0.05) is 15.9 Å². The third kappa shape index (κ3) is 2.68. The van der Waals surface area contributed by atoms with Gasteiger partial charge >= 0.3 is 0 Å². The van der Waals surface area contributed by atoms with Gasteiger partial charge in [-0.15, -0.1) is 0 Å². The highest BCUT2D eigenvalue weighted by Crippen LogP contribution is 2.28. The zero-order valence-electron chi connectivity index (χ0n) is 12.5. The lowest BCUT2D eigenvalue weighted by Crippen LogP contribution is -2.00. The maximum Gasteiger partial charge on any atom is 0.0531 e. The molecule has 2 aromatic carbocycles. The minimum absolute atomic E-state index is 1.10. The van der Waals surface area contributed by atoms with E-state index in [4.69, 9.17) is 0 Å². The summed E-state index contributed by atoms with van der Waals surface area (Å²) in [6.45, 7) is 6.46. The summed E-state index contributed by atoms with van der Waals surface area (Å²) in [6, 6.07) is 19.5. The molecule has 0 N–H and O–H groups in total. The van der Waals surface area contributed by atoms with E-state index in [0.717, 1.165) is 4.47 Å². The fourth-order valence-electron chi connectivity index (χ4n) is 2.59. The molecule has 3 aromatic rings. The minimum Gasteiger partial charge on any atom is -0.314 e. The van der Waals surface area contributed by atoms with Crippen molar-refractivity contribution in [3.8, 4) is 16.9 Å². The van der Waals surface area contributed by atoms with E-state index in [0.29, 0.717) is 0 Å². The van der Waals surface area contributed by atoms with Gasteiger partial charge in [0.1, 0.15) is 0 Å². The van der Waals surface area contributed by atoms with Gasteiger partial charge in [0.2, 0.25) is 0 Å². The third-order valence-electron chi connectivity index (χ3n) is 3.96. The second-order valence-electron chi connectivity index (χ2n) is 5.47. The van der Waals surface area contributed by atoms with Crippen LogP contribution in [-0.2, 0) is 0 Å². The lowest BCUT2D eigenvalue weighted by molar-refractivity contribution is 1.02. The monoisotopic (exact) mass is 339 g/mol. The van der Waals surface area contributed by atoms with E-state index in [1.165, 1.54) is 33.8 Å². The lowest BCUT2D eigenvalue weighted by atomic mass is 10.1. The van der Waals surface area contributed by atoms with Gasteiger partial charge in [-0.25, -0.2) is 0 Å². The lowest BCUT2D eigenvalue weighted by Gasteiger charge is -2.14. The largest absolute Gasteiger partial charge is 0.314 e. The Morgan fingerprint density at radius 1 is 0.762 bits per heavy atom. The van der Waals surface area contributed by atoms with Gasteiger partial charge in [-0.3, -0.25) is 0 Å². The van der Waals surface area contributed by atoms with E-state index in [-0.39, 0.29) is 0 Å². The Morgan fingerprint density at radius 3 is 2.14 bits per heavy atom. The molecule has 1 heterocycles. The molecule has 0 amide bonds. The molecule has 0 saturated heterocycles. The number of hydrogen-bond donors (Lipinski definition) is 0. The van der Waals surface area contributed by atoms with Gasteiger partial charge in [0.15, 0.2) is 0 Å². The molecule has 0 bridgehead atoms. The molecular formula is C19H18BrN. The van der Waals surface area contributed by atoms with Crippen molar-refractivity contribution in [2.45, 2.75) is 20.8 Å². The maximum atomic E-state index is 3.50. The summed E-state index contributed by atoms with van der Waals surface area (Å²) in [5.74, 6) is 0. The van der Waals surface area contributed by atoms with Crippen LogP contribution in [-0.4, -0.2) is 4.57 Å². The molecule has 0 aliphatic carbocycles. The standard InChI is InChI=1S/C19H18BrN/c1-13-4-10-18(12-14(13)2)21-15(3)5-11-19(21)16-6-8-17(20)9-7-16/h4-12H,1-3H3. The summed E-state index contributed by atoms with van der Waals surface area (Å²) in [5.41, 5.74) is 7.57. The van der Waals surface area contributed by atoms with Crippen molar-refractivity contribution in [2.24, 2.45) is 0 Å². The topological polar surface area (TPSA) is 4.93 Å². The minimum atomic E-state index is 1.10. The first kappa shape index (κ1) is 14.2. The van der Waals surface area contributed by atoms with Crippen LogP contribution in [0.1, 0.15) is 16.8 Å². The predicted molar refractivity (Wildman–Crippen MR) is 93.1 cm³/mol. The number of rotatable bonds is 2. The summed E-state index contributed by atoms with van der Waals surface area (Å²) in [7, 11) is 0. The molecule has 2 heteroatoms. The van der Waals surface area contributed by atoms with Crippen LogP contribution in [0.5, 0.6) is 0 Å². The Labute approximate surface area is 134 Å². The van der Waals surface area contributed by atoms with Crippen LogP contribution in [0.15, 0.2) is 59.1 Å². The number of aromatic nitrogens is 1. The van der Waals surface area contributed by atoms with E-state index >= 15 is 0 Å². The van der Waals surface area contributed by atoms with Crippen LogP contribution in [0.4, 0.5) is 0 Å². The molecule has 106 valence electrons. The van der Waals surface area contributed by atoms with Crippen molar-refractivity contribution in [2.75, 3.05) is 0 Å². The zero-order valence-corrected chi connectivity index (χ0v) is 14.1. The Kier molecular flexibility index (Phi) is 3.73. The molecule has 0 radical (unpaired) electrons. The highest BCUT2D eigenvalue weighted by atomic mass is 79.9. The summed E-state index contributed by atoms with van der Waals surface area (Å²) in [4.78, 5) is 0. The smallest absolute Gasteiger partial charge is 0.0531 e. The molecule has 1 aromatic heterocycles. The summed E-state index contributed by atoms with van der Waals surface area (Å²) >= 11 is 3.50. The van der Waals surface area contributed by atoms with E-state index in [1.54, 1.807) is 0 Å². The molecule has 0 atom stereocenters. The first-order valence-electron chi connectivity index (χ1n) is 7.08. The fraction of sp³-hybridized carbons (Fsp3) is 0.158. The number of halogens is 1. The SMILES string of the molecule is Cc1ccc(-n2c(C)ccc2-c2ccc(Br)cc2)cc1C. The van der Waals surface area contributed by atoms with Gasteiger partial charge in [0.25, 0.3) is 0 Å². The Hall–Kier alpha value is -1.80. The highest BCUT2D eigenvalue weighted by Gasteiger charge is 2.10. The highest BCUT2D eigenvalue weighted by molar-refractivity contribution is 9.10. The van der Waals surface area contributed by atoms with Crippen molar-refractivity contribution in [1.82, 2.24) is 4.57 Å². The van der Waals surface area contributed by atoms with Crippen LogP contribution in [0.25, 0.3) is 16.9 Å². The van der Waals surface area contributed by atoms with Gasteiger partial charge in [-0.1, -0.05) is 34.1 Å². The van der Waals surface area contributed by atoms with Crippen LogP contribution >= 0.6 is 15.9 Å². The maximum absolute atomic E-state index is 3.50. The van der Waals surface area contributed by atoms with Crippen molar-refractivity contribution in [1.29, 1.82) is 0 Å². The second-order valence-corrected chi connectivity index (χ2v) is 6.39. The molecule has 0 saturated carbocycles. The molecule has 1 nitrogen and oxygen atoms in total. The van der Waals surface area contributed by atoms with Crippen LogP contribution in [0.3, 0.4) is 0 Å². The average molecular weight is 340 g/mol. The summed E-state index contributed by atoms with van der Waals surface area (Å²) in [6.07, 6.45) is 0. The van der Waals surface area contributed by atoms with E-state index in [1.807, 2.05) is 0 Å². The second kappa shape index (κ2) is 5.53. The molecule has 0 aliphatic rings. The predicted octanol–water partition coefficient (Wildman–Crippen LogP) is 5.83. The Morgan fingerprint density at radius 2 is 1.48 bits per heavy atom. The quantitative estimate of drug-likeness (QED) is 0.553. The molecular weight excluding hydrogens is 322 g/mol. The van der Waals surface area contributed by atoms with E-state index in [2.05, 4.69) is 95.9 Å². The van der Waals surface area contributed by atoms with Gasteiger partial charge in [-0.05, 0) is 73.9 Å². The molecule has 0 aliphatic heterocycles. The average Bonchev–Trinajstić information content (AvgIpc) is 2.85. The van der Waals surface area contributed by atoms with E-state index in [9.17, 15) is 0 Å². The zero-order chi connectivity index (χ0) is 15.0. The third-order valence-corrected chi connectivity index (χ3v) is 4.49. The number of nitrogens with zero attached hydrogens (tertiary/aromatic N) is 1. The van der Waals surface area contributed by atoms with Gasteiger partial charge in [-0.2, -0.15) is 0 Å².